The van der Waals surface area contributed by atoms with E-state index in [1.165, 1.54) is 10.5 Å². The SMILES string of the molecule is CCOc1ccc(N2C(=O)C(Nc3ccc(C(C)C)cc3)=C(c3ccc(C)cc3C)C2=O)cc1. The molecule has 174 valence electrons. The van der Waals surface area contributed by atoms with Crippen molar-refractivity contribution in [3.05, 3.63) is 94.7 Å². The van der Waals surface area contributed by atoms with Crippen molar-refractivity contribution in [2.45, 2.75) is 40.5 Å². The monoisotopic (exact) mass is 454 g/mol. The number of benzene rings is 3. The summed E-state index contributed by atoms with van der Waals surface area (Å²) in [5, 5.41) is 3.25. The van der Waals surface area contributed by atoms with Gasteiger partial charge in [-0.25, -0.2) is 4.90 Å². The number of hydrogen-bond acceptors (Lipinski definition) is 4. The maximum Gasteiger partial charge on any atom is 0.282 e. The summed E-state index contributed by atoms with van der Waals surface area (Å²) in [6, 6.07) is 20.9. The van der Waals surface area contributed by atoms with Crippen LogP contribution in [-0.2, 0) is 9.59 Å². The molecule has 0 unspecified atom stereocenters. The molecule has 0 aliphatic carbocycles. The van der Waals surface area contributed by atoms with Crippen molar-refractivity contribution >= 4 is 28.8 Å². The smallest absolute Gasteiger partial charge is 0.282 e. The zero-order valence-corrected chi connectivity index (χ0v) is 20.3. The van der Waals surface area contributed by atoms with Crippen LogP contribution in [0.4, 0.5) is 11.4 Å². The number of nitrogens with zero attached hydrogens (tertiary/aromatic N) is 1. The highest BCUT2D eigenvalue weighted by Crippen LogP contribution is 2.36. The molecule has 0 fully saturated rings. The number of imide groups is 1. The van der Waals surface area contributed by atoms with E-state index < -0.39 is 0 Å². The summed E-state index contributed by atoms with van der Waals surface area (Å²) in [7, 11) is 0. The third-order valence-corrected chi connectivity index (χ3v) is 5.99. The van der Waals surface area contributed by atoms with Crippen molar-refractivity contribution in [3.63, 3.8) is 0 Å². The normalized spacial score (nSPS) is 13.8. The van der Waals surface area contributed by atoms with Crippen LogP contribution in [0.1, 0.15) is 48.9 Å². The Kier molecular flexibility index (Phi) is 6.55. The summed E-state index contributed by atoms with van der Waals surface area (Å²) in [5.74, 6) is 0.375. The molecule has 0 aromatic heterocycles. The Morgan fingerprint density at radius 1 is 0.882 bits per heavy atom. The fraction of sp³-hybridized carbons (Fsp3) is 0.241. The quantitative estimate of drug-likeness (QED) is 0.431. The summed E-state index contributed by atoms with van der Waals surface area (Å²) in [4.78, 5) is 28.5. The second-order valence-electron chi connectivity index (χ2n) is 8.84. The largest absolute Gasteiger partial charge is 0.494 e. The Balaban J connectivity index is 1.77. The fourth-order valence-corrected chi connectivity index (χ4v) is 4.18. The van der Waals surface area contributed by atoms with Crippen LogP contribution < -0.4 is 15.0 Å². The lowest BCUT2D eigenvalue weighted by atomic mass is 9.97. The molecule has 1 aliphatic rings. The highest BCUT2D eigenvalue weighted by molar-refractivity contribution is 6.46. The van der Waals surface area contributed by atoms with Gasteiger partial charge in [-0.15, -0.1) is 0 Å². The van der Waals surface area contributed by atoms with Crippen LogP contribution in [0, 0.1) is 13.8 Å². The van der Waals surface area contributed by atoms with Crippen LogP contribution in [0.3, 0.4) is 0 Å². The summed E-state index contributed by atoms with van der Waals surface area (Å²) >= 11 is 0. The molecule has 34 heavy (non-hydrogen) atoms. The van der Waals surface area contributed by atoms with E-state index >= 15 is 0 Å². The average Bonchev–Trinajstić information content (AvgIpc) is 3.04. The van der Waals surface area contributed by atoms with Gasteiger partial charge in [0, 0.05) is 5.69 Å². The molecule has 5 heteroatoms. The van der Waals surface area contributed by atoms with Gasteiger partial charge in [0.15, 0.2) is 0 Å². The van der Waals surface area contributed by atoms with Gasteiger partial charge in [0.1, 0.15) is 11.4 Å². The van der Waals surface area contributed by atoms with Crippen LogP contribution in [0.15, 0.2) is 72.4 Å². The number of hydrogen-bond donors (Lipinski definition) is 1. The van der Waals surface area contributed by atoms with E-state index in [4.69, 9.17) is 4.74 Å². The first-order chi connectivity index (χ1) is 16.3. The van der Waals surface area contributed by atoms with E-state index in [0.29, 0.717) is 29.5 Å². The molecule has 0 spiro atoms. The highest BCUT2D eigenvalue weighted by Gasteiger charge is 2.40. The van der Waals surface area contributed by atoms with Crippen LogP contribution in [0.2, 0.25) is 0 Å². The van der Waals surface area contributed by atoms with Crippen LogP contribution in [0.5, 0.6) is 5.75 Å². The van der Waals surface area contributed by atoms with Gasteiger partial charge in [-0.05, 0) is 79.8 Å². The van der Waals surface area contributed by atoms with Crippen LogP contribution in [-0.4, -0.2) is 18.4 Å². The van der Waals surface area contributed by atoms with Crippen LogP contribution in [0.25, 0.3) is 5.57 Å². The van der Waals surface area contributed by atoms with Crippen LogP contribution >= 0.6 is 0 Å². The van der Waals surface area contributed by atoms with Crippen molar-refractivity contribution < 1.29 is 14.3 Å². The molecule has 1 heterocycles. The molecule has 0 atom stereocenters. The van der Waals surface area contributed by atoms with Gasteiger partial charge in [-0.2, -0.15) is 0 Å². The number of rotatable bonds is 7. The van der Waals surface area contributed by atoms with Crippen molar-refractivity contribution in [2.75, 3.05) is 16.8 Å². The van der Waals surface area contributed by atoms with Gasteiger partial charge < -0.3 is 10.1 Å². The highest BCUT2D eigenvalue weighted by atomic mass is 16.5. The van der Waals surface area contributed by atoms with Gasteiger partial charge in [-0.1, -0.05) is 49.7 Å². The van der Waals surface area contributed by atoms with E-state index in [2.05, 4.69) is 19.2 Å². The molecule has 4 rings (SSSR count). The number of anilines is 2. The maximum absolute atomic E-state index is 13.7. The predicted molar refractivity (Wildman–Crippen MR) is 137 cm³/mol. The molecule has 0 saturated carbocycles. The van der Waals surface area contributed by atoms with Gasteiger partial charge in [-0.3, -0.25) is 9.59 Å². The second-order valence-corrected chi connectivity index (χ2v) is 8.84. The average molecular weight is 455 g/mol. The molecule has 5 nitrogen and oxygen atoms in total. The minimum atomic E-state index is -0.378. The van der Waals surface area contributed by atoms with Crippen molar-refractivity contribution in [2.24, 2.45) is 0 Å². The first kappa shape index (κ1) is 23.3. The first-order valence-electron chi connectivity index (χ1n) is 11.6. The minimum absolute atomic E-state index is 0.281. The number of nitrogens with one attached hydrogen (secondary N) is 1. The van der Waals surface area contributed by atoms with Gasteiger partial charge in [0.2, 0.25) is 0 Å². The third-order valence-electron chi connectivity index (χ3n) is 5.99. The topological polar surface area (TPSA) is 58.6 Å². The third kappa shape index (κ3) is 4.46. The van der Waals surface area contributed by atoms with Gasteiger partial charge in [0.05, 0.1) is 17.9 Å². The first-order valence-corrected chi connectivity index (χ1v) is 11.6. The molecular formula is C29H30N2O3. The molecule has 3 aromatic carbocycles. The molecule has 0 saturated heterocycles. The lowest BCUT2D eigenvalue weighted by molar-refractivity contribution is -0.120. The maximum atomic E-state index is 13.7. The molecule has 0 bridgehead atoms. The van der Waals surface area contributed by atoms with E-state index in [1.807, 2.05) is 63.2 Å². The van der Waals surface area contributed by atoms with Crippen molar-refractivity contribution in [3.8, 4) is 5.75 Å². The lowest BCUT2D eigenvalue weighted by Gasteiger charge is -2.16. The number of ether oxygens (including phenoxy) is 1. The van der Waals surface area contributed by atoms with E-state index in [-0.39, 0.29) is 17.5 Å². The fourth-order valence-electron chi connectivity index (χ4n) is 4.18. The van der Waals surface area contributed by atoms with E-state index in [1.54, 1.807) is 24.3 Å². The van der Waals surface area contributed by atoms with E-state index in [0.717, 1.165) is 22.4 Å². The van der Waals surface area contributed by atoms with Crippen molar-refractivity contribution in [1.29, 1.82) is 0 Å². The summed E-state index contributed by atoms with van der Waals surface area (Å²) in [6.45, 7) is 10.7. The summed E-state index contributed by atoms with van der Waals surface area (Å²) < 4.78 is 5.51. The number of amides is 2. The van der Waals surface area contributed by atoms with E-state index in [9.17, 15) is 9.59 Å². The Morgan fingerprint density at radius 3 is 2.15 bits per heavy atom. The second kappa shape index (κ2) is 9.56. The Bertz CT molecular complexity index is 1260. The van der Waals surface area contributed by atoms with Gasteiger partial charge >= 0.3 is 0 Å². The van der Waals surface area contributed by atoms with Crippen molar-refractivity contribution in [1.82, 2.24) is 0 Å². The number of carbonyl (C=O) groups is 2. The van der Waals surface area contributed by atoms with Gasteiger partial charge in [0.25, 0.3) is 11.8 Å². The minimum Gasteiger partial charge on any atom is -0.494 e. The summed E-state index contributed by atoms with van der Waals surface area (Å²) in [5.41, 5.74) is 5.93. The molecule has 1 aliphatic heterocycles. The standard InChI is InChI=1S/C29H30N2O3/c1-6-34-24-14-12-23(13-15-24)31-28(32)26(25-16-7-19(4)17-20(25)5)27(29(31)33)30-22-10-8-21(9-11-22)18(2)3/h7-18,30H,6H2,1-5H3. The zero-order valence-electron chi connectivity index (χ0n) is 20.3. The lowest BCUT2D eigenvalue weighted by Crippen LogP contribution is -2.32. The number of aryl methyl sites for hydroxylation is 2. The summed E-state index contributed by atoms with van der Waals surface area (Å²) in [6.07, 6.45) is 0. The molecule has 0 radical (unpaired) electrons. The Morgan fingerprint density at radius 2 is 1.56 bits per heavy atom. The Labute approximate surface area is 201 Å². The number of carbonyl (C=O) groups excluding carboxylic acids is 2. The zero-order chi connectivity index (χ0) is 24.4. The molecule has 3 aromatic rings. The molecular weight excluding hydrogens is 424 g/mol. The molecule has 1 N–H and O–H groups in total. The molecule has 2 amide bonds. The Hall–Kier alpha value is -3.86. The predicted octanol–water partition coefficient (Wildman–Crippen LogP) is 6.22.